The topological polar surface area (TPSA) is 163 Å². The maximum atomic E-state index is 14.5. The van der Waals surface area contributed by atoms with Gasteiger partial charge in [0.25, 0.3) is 23.6 Å². The Labute approximate surface area is 395 Å². The number of nitrogens with two attached hydrogens (primary N) is 1. The third-order valence-corrected chi connectivity index (χ3v) is 15.5. The average Bonchev–Trinajstić information content (AvgIpc) is 3.90. The molecule has 0 aromatic heterocycles. The van der Waals surface area contributed by atoms with E-state index in [1.807, 2.05) is 12.1 Å². The average molecular weight is 950 g/mol. The van der Waals surface area contributed by atoms with Crippen LogP contribution in [0.4, 0.5) is 17.1 Å². The van der Waals surface area contributed by atoms with Crippen LogP contribution in [0.3, 0.4) is 0 Å². The molecule has 4 aliphatic rings. The van der Waals surface area contributed by atoms with E-state index in [0.717, 1.165) is 23.2 Å². The van der Waals surface area contributed by atoms with E-state index in [4.69, 9.17) is 34.2 Å². The molecule has 0 spiro atoms. The Morgan fingerprint density at radius 3 is 1.58 bits per heavy atom. The number of fused-ring (bicyclic) bond motifs is 4. The fourth-order valence-electron chi connectivity index (χ4n) is 8.25. The number of methoxy groups -OCH3 is 2. The van der Waals surface area contributed by atoms with E-state index < -0.39 is 28.2 Å². The van der Waals surface area contributed by atoms with Crippen LogP contribution < -0.4 is 34.5 Å². The smallest absolute Gasteiger partial charge is 0.260 e. The fraction of sp³-hybridized carbons (Fsp3) is 0.440. The van der Waals surface area contributed by atoms with Crippen LogP contribution in [0.5, 0.6) is 23.0 Å². The lowest BCUT2D eigenvalue weighted by atomic mass is 10.0. The Hall–Kier alpha value is -6.07. The van der Waals surface area contributed by atoms with Crippen LogP contribution in [0.25, 0.3) is 5.57 Å². The SMILES string of the molecule is CC#CC1=CN2C(=O)c3cc(OC)c(OCCCOc4cc5c(cc4OC)C(=O)N4C=C(c6ccc(N)cc6)C[C@H]4C(=O)N5COCC[Si](C)(C)C)cc3N(COCC[Si](C)(C)C)C(=O)[C@@H]2C1. The van der Waals surface area contributed by atoms with Gasteiger partial charge < -0.3 is 44.0 Å². The Kier molecular flexibility index (Phi) is 14.9. The van der Waals surface area contributed by atoms with Gasteiger partial charge in [0.05, 0.1) is 49.9 Å². The molecule has 0 bridgehead atoms. The van der Waals surface area contributed by atoms with Crippen LogP contribution >= 0.6 is 0 Å². The Balaban J connectivity index is 1.10. The normalized spacial score (nSPS) is 18.0. The summed E-state index contributed by atoms with van der Waals surface area (Å²) in [5.41, 5.74) is 10.3. The monoisotopic (exact) mass is 949 g/mol. The van der Waals surface area contributed by atoms with Crippen molar-refractivity contribution in [3.8, 4) is 34.8 Å². The van der Waals surface area contributed by atoms with E-state index in [1.54, 1.807) is 55.7 Å². The summed E-state index contributed by atoms with van der Waals surface area (Å²) in [7, 11) is 0.139. The van der Waals surface area contributed by atoms with Crippen molar-refractivity contribution < 1.29 is 47.6 Å². The number of ether oxygens (including phenoxy) is 6. The number of hydrogen-bond donors (Lipinski definition) is 1. The quantitative estimate of drug-likeness (QED) is 0.0540. The van der Waals surface area contributed by atoms with Gasteiger partial charge in [-0.25, -0.2) is 0 Å². The molecule has 17 heteroatoms. The highest BCUT2D eigenvalue weighted by atomic mass is 28.3. The van der Waals surface area contributed by atoms with Crippen LogP contribution in [-0.2, 0) is 19.1 Å². The first-order valence-electron chi connectivity index (χ1n) is 22.7. The standard InChI is InChI=1S/C50H63N5O10Si2/c1-10-12-33-23-41-49(58)54(31-62-19-21-66(4,5)6)39-27-45(43(60-2)25-37(39)47(56)52(41)29-33)64-17-11-18-65-46-28-40-38(26-44(46)61-3)48(57)53-30-35(34-13-15-36(51)16-14-34)24-42(53)50(59)55(40)32-63-20-22-67(7,8)9/h13-16,25-30,41-42H,11,17-24,31-32,51H2,1-9H3/t41-,42-/m0/s1. The first-order chi connectivity index (χ1) is 31.9. The number of anilines is 3. The summed E-state index contributed by atoms with van der Waals surface area (Å²) >= 11 is 0. The molecule has 7 rings (SSSR count). The second-order valence-corrected chi connectivity index (χ2v) is 30.7. The van der Waals surface area contributed by atoms with Gasteiger partial charge in [-0.15, -0.1) is 5.92 Å². The summed E-state index contributed by atoms with van der Waals surface area (Å²) < 4.78 is 36.4. The molecule has 0 aliphatic carbocycles. The highest BCUT2D eigenvalue weighted by molar-refractivity contribution is 6.76. The van der Waals surface area contributed by atoms with Crippen LogP contribution in [0.1, 0.15) is 52.5 Å². The van der Waals surface area contributed by atoms with Crippen LogP contribution in [0.15, 0.2) is 66.5 Å². The molecule has 4 heterocycles. The zero-order valence-corrected chi connectivity index (χ0v) is 42.2. The van der Waals surface area contributed by atoms with E-state index in [1.165, 1.54) is 33.8 Å². The highest BCUT2D eigenvalue weighted by Gasteiger charge is 2.45. The number of nitrogens with zero attached hydrogens (tertiary/aromatic N) is 4. The molecule has 0 fully saturated rings. The second-order valence-electron chi connectivity index (χ2n) is 19.5. The molecule has 0 unspecified atom stereocenters. The third kappa shape index (κ3) is 11.0. The van der Waals surface area contributed by atoms with Crippen molar-refractivity contribution in [1.29, 1.82) is 0 Å². The maximum Gasteiger partial charge on any atom is 0.260 e. The molecular formula is C50H63N5O10Si2. The van der Waals surface area contributed by atoms with E-state index in [0.29, 0.717) is 78.1 Å². The summed E-state index contributed by atoms with van der Waals surface area (Å²) in [4.78, 5) is 63.3. The number of nitrogen functional groups attached to an aromatic ring is 1. The zero-order valence-electron chi connectivity index (χ0n) is 40.2. The molecule has 4 aliphatic heterocycles. The molecule has 3 aromatic carbocycles. The Morgan fingerprint density at radius 1 is 0.642 bits per heavy atom. The molecule has 2 N–H and O–H groups in total. The Morgan fingerprint density at radius 2 is 1.12 bits per heavy atom. The lowest BCUT2D eigenvalue weighted by molar-refractivity contribution is -0.123. The minimum atomic E-state index is -1.44. The van der Waals surface area contributed by atoms with Gasteiger partial charge in [-0.05, 0) is 54.4 Å². The first kappa shape index (κ1) is 48.9. The molecule has 4 amide bonds. The van der Waals surface area contributed by atoms with Gasteiger partial charge in [0.1, 0.15) is 25.5 Å². The molecular weight excluding hydrogens is 887 g/mol. The molecule has 3 aromatic rings. The van der Waals surface area contributed by atoms with Crippen molar-refractivity contribution in [2.24, 2.45) is 0 Å². The number of carbonyl (C=O) groups excluding carboxylic acids is 4. The molecule has 2 atom stereocenters. The number of amides is 4. The number of hydrogen-bond acceptors (Lipinski definition) is 11. The van der Waals surface area contributed by atoms with Crippen molar-refractivity contribution in [2.75, 3.05) is 69.6 Å². The molecule has 15 nitrogen and oxygen atoms in total. The second kappa shape index (κ2) is 20.4. The van der Waals surface area contributed by atoms with Crippen LogP contribution in [0, 0.1) is 11.8 Å². The maximum absolute atomic E-state index is 14.5. The number of rotatable bonds is 19. The van der Waals surface area contributed by atoms with Gasteiger partial charge >= 0.3 is 0 Å². The first-order valence-corrected chi connectivity index (χ1v) is 30.2. The molecule has 356 valence electrons. The minimum Gasteiger partial charge on any atom is -0.493 e. The Bertz CT molecular complexity index is 2520. The van der Waals surface area contributed by atoms with E-state index >= 15 is 0 Å². The van der Waals surface area contributed by atoms with Crippen molar-refractivity contribution >= 4 is 62.4 Å². The summed E-state index contributed by atoms with van der Waals surface area (Å²) in [6.45, 7) is 16.5. The number of benzene rings is 3. The van der Waals surface area contributed by atoms with Gasteiger partial charge in [-0.2, -0.15) is 0 Å². The fourth-order valence-corrected chi connectivity index (χ4v) is 9.76. The van der Waals surface area contributed by atoms with Gasteiger partial charge in [0, 0.05) is 84.4 Å². The lowest BCUT2D eigenvalue weighted by Gasteiger charge is -2.27. The van der Waals surface area contributed by atoms with Crippen molar-refractivity contribution in [3.05, 3.63) is 83.2 Å². The van der Waals surface area contributed by atoms with Crippen molar-refractivity contribution in [3.63, 3.8) is 0 Å². The van der Waals surface area contributed by atoms with Gasteiger partial charge in [-0.3, -0.25) is 29.0 Å². The molecule has 67 heavy (non-hydrogen) atoms. The minimum absolute atomic E-state index is 0.0375. The summed E-state index contributed by atoms with van der Waals surface area (Å²) in [5.74, 6) is 5.97. The number of carbonyl (C=O) groups is 4. The van der Waals surface area contributed by atoms with E-state index in [-0.39, 0.29) is 61.4 Å². The van der Waals surface area contributed by atoms with Crippen molar-refractivity contribution in [1.82, 2.24) is 9.80 Å². The summed E-state index contributed by atoms with van der Waals surface area (Å²) in [6.07, 6.45) is 4.43. The van der Waals surface area contributed by atoms with Gasteiger partial charge in [0.2, 0.25) is 0 Å². The molecule has 0 saturated heterocycles. The predicted molar refractivity (Wildman–Crippen MR) is 264 cm³/mol. The summed E-state index contributed by atoms with van der Waals surface area (Å²) in [6, 6.07) is 14.2. The van der Waals surface area contributed by atoms with Gasteiger partial charge in [0.15, 0.2) is 23.0 Å². The van der Waals surface area contributed by atoms with Crippen LogP contribution in [0.2, 0.25) is 51.4 Å². The zero-order chi connectivity index (χ0) is 48.2. The van der Waals surface area contributed by atoms with E-state index in [2.05, 4.69) is 51.1 Å². The summed E-state index contributed by atoms with van der Waals surface area (Å²) in [5, 5.41) is 0. The van der Waals surface area contributed by atoms with Gasteiger partial charge in [-0.1, -0.05) is 57.3 Å². The highest BCUT2D eigenvalue weighted by Crippen LogP contribution is 2.43. The lowest BCUT2D eigenvalue weighted by Crippen LogP contribution is -2.45. The largest absolute Gasteiger partial charge is 0.493 e. The molecule has 0 radical (unpaired) electrons. The van der Waals surface area contributed by atoms with Crippen molar-refractivity contribution in [2.45, 2.75) is 89.6 Å². The van der Waals surface area contributed by atoms with Crippen LogP contribution in [-0.4, -0.2) is 116 Å². The molecule has 0 saturated carbocycles. The third-order valence-electron chi connectivity index (χ3n) is 12.1. The van der Waals surface area contributed by atoms with E-state index in [9.17, 15) is 19.2 Å². The predicted octanol–water partition coefficient (Wildman–Crippen LogP) is 7.83.